The van der Waals surface area contributed by atoms with Gasteiger partial charge < -0.3 is 10.6 Å². The van der Waals surface area contributed by atoms with Crippen molar-refractivity contribution in [2.75, 3.05) is 5.32 Å². The number of thiocarbonyl (C=S) groups is 1. The molecule has 0 saturated heterocycles. The molecule has 134 valence electrons. The highest BCUT2D eigenvalue weighted by Crippen LogP contribution is 2.34. The average Bonchev–Trinajstić information content (AvgIpc) is 2.55. The van der Waals surface area contributed by atoms with Gasteiger partial charge in [0, 0.05) is 0 Å². The fourth-order valence-corrected chi connectivity index (χ4v) is 2.83. The topological polar surface area (TPSA) is 24.1 Å². The first-order valence-corrected chi connectivity index (χ1v) is 8.54. The fourth-order valence-electron chi connectivity index (χ4n) is 2.54. The predicted octanol–water partition coefficient (Wildman–Crippen LogP) is 5.71. The molecule has 0 aliphatic carbocycles. The van der Waals surface area contributed by atoms with Crippen molar-refractivity contribution in [3.63, 3.8) is 0 Å². The number of hydrogen-bond acceptors (Lipinski definition) is 1. The first-order chi connectivity index (χ1) is 11.8. The maximum Gasteiger partial charge on any atom is 0.418 e. The van der Waals surface area contributed by atoms with Crippen molar-refractivity contribution in [1.82, 2.24) is 5.32 Å². The Morgan fingerprint density at radius 3 is 2.32 bits per heavy atom. The zero-order valence-corrected chi connectivity index (χ0v) is 15.0. The zero-order valence-electron chi connectivity index (χ0n) is 14.2. The van der Waals surface area contributed by atoms with Gasteiger partial charge in [0.1, 0.15) is 0 Å². The van der Waals surface area contributed by atoms with E-state index in [1.165, 1.54) is 23.8 Å². The van der Waals surface area contributed by atoms with Crippen molar-refractivity contribution in [1.29, 1.82) is 0 Å². The Morgan fingerprint density at radius 2 is 1.72 bits per heavy atom. The summed E-state index contributed by atoms with van der Waals surface area (Å²) in [6.45, 7) is 4.04. The van der Waals surface area contributed by atoms with Crippen LogP contribution in [0.4, 0.5) is 18.9 Å². The van der Waals surface area contributed by atoms with Crippen LogP contribution in [0, 0.1) is 0 Å². The highest BCUT2D eigenvalue weighted by atomic mass is 32.1. The molecule has 0 aliphatic rings. The van der Waals surface area contributed by atoms with Crippen molar-refractivity contribution in [3.05, 3.63) is 65.2 Å². The lowest BCUT2D eigenvalue weighted by molar-refractivity contribution is -0.136. The minimum atomic E-state index is -4.43. The van der Waals surface area contributed by atoms with E-state index in [4.69, 9.17) is 12.2 Å². The van der Waals surface area contributed by atoms with Gasteiger partial charge in [-0.2, -0.15) is 13.2 Å². The van der Waals surface area contributed by atoms with Crippen molar-refractivity contribution in [2.45, 2.75) is 38.9 Å². The summed E-state index contributed by atoms with van der Waals surface area (Å²) in [5, 5.41) is 5.83. The van der Waals surface area contributed by atoms with Crippen molar-refractivity contribution >= 4 is 23.0 Å². The van der Waals surface area contributed by atoms with E-state index in [9.17, 15) is 13.2 Å². The molecule has 25 heavy (non-hydrogen) atoms. The lowest BCUT2D eigenvalue weighted by atomic mass is 10.0. The van der Waals surface area contributed by atoms with Crippen molar-refractivity contribution in [2.24, 2.45) is 0 Å². The van der Waals surface area contributed by atoms with Crippen LogP contribution in [-0.4, -0.2) is 5.11 Å². The first-order valence-electron chi connectivity index (χ1n) is 8.14. The highest BCUT2D eigenvalue weighted by Gasteiger charge is 2.33. The van der Waals surface area contributed by atoms with E-state index < -0.39 is 11.7 Å². The van der Waals surface area contributed by atoms with Crippen LogP contribution in [0.1, 0.15) is 43.0 Å². The van der Waals surface area contributed by atoms with E-state index in [1.54, 1.807) is 0 Å². The number of benzene rings is 2. The molecule has 1 atom stereocenters. The SMILES string of the molecule is CCCc1ccc(C(C)NC(=S)Nc2ccccc2C(F)(F)F)cc1. The van der Waals surface area contributed by atoms with Gasteiger partial charge in [-0.15, -0.1) is 0 Å². The van der Waals surface area contributed by atoms with Gasteiger partial charge >= 0.3 is 6.18 Å². The number of aryl methyl sites for hydroxylation is 1. The maximum absolute atomic E-state index is 13.0. The van der Waals surface area contributed by atoms with E-state index in [0.29, 0.717) is 0 Å². The third-order valence-corrected chi connectivity index (χ3v) is 4.07. The Morgan fingerprint density at radius 1 is 1.08 bits per heavy atom. The minimum absolute atomic E-state index is 0.0574. The second-order valence-corrected chi connectivity index (χ2v) is 6.26. The summed E-state index contributed by atoms with van der Waals surface area (Å²) in [6.07, 6.45) is -2.32. The Balaban J connectivity index is 2.03. The van der Waals surface area contributed by atoms with Gasteiger partial charge in [-0.1, -0.05) is 49.7 Å². The number of nitrogens with one attached hydrogen (secondary N) is 2. The third-order valence-electron chi connectivity index (χ3n) is 3.85. The second kappa shape index (κ2) is 8.34. The fraction of sp³-hybridized carbons (Fsp3) is 0.316. The molecule has 0 bridgehead atoms. The summed E-state index contributed by atoms with van der Waals surface area (Å²) in [6, 6.07) is 13.3. The van der Waals surface area contributed by atoms with Gasteiger partial charge in [0.05, 0.1) is 17.3 Å². The Bertz CT molecular complexity index is 711. The van der Waals surface area contributed by atoms with Crippen LogP contribution in [0.2, 0.25) is 0 Å². The smallest absolute Gasteiger partial charge is 0.356 e. The number of anilines is 1. The molecular weight excluding hydrogens is 345 g/mol. The molecule has 2 rings (SSSR count). The van der Waals surface area contributed by atoms with E-state index in [0.717, 1.165) is 24.5 Å². The summed E-state index contributed by atoms with van der Waals surface area (Å²) < 4.78 is 39.1. The standard InChI is InChI=1S/C19H21F3N2S/c1-3-6-14-9-11-15(12-10-14)13(2)23-18(25)24-17-8-5-4-7-16(17)19(20,21)22/h4-5,7-13H,3,6H2,1-2H3,(H2,23,24,25). The van der Waals surface area contributed by atoms with Gasteiger partial charge in [0.15, 0.2) is 5.11 Å². The van der Waals surface area contributed by atoms with E-state index in [2.05, 4.69) is 29.7 Å². The Hall–Kier alpha value is -2.08. The molecule has 2 N–H and O–H groups in total. The number of hydrogen-bond donors (Lipinski definition) is 2. The molecule has 6 heteroatoms. The molecule has 0 aliphatic heterocycles. The number of rotatable bonds is 5. The van der Waals surface area contributed by atoms with Crippen LogP contribution in [0.3, 0.4) is 0 Å². The van der Waals surface area contributed by atoms with Crippen LogP contribution >= 0.6 is 12.2 Å². The van der Waals surface area contributed by atoms with E-state index in [-0.39, 0.29) is 16.8 Å². The van der Waals surface area contributed by atoms with Crippen LogP contribution in [0.15, 0.2) is 48.5 Å². The van der Waals surface area contributed by atoms with Gasteiger partial charge in [0.2, 0.25) is 0 Å². The highest BCUT2D eigenvalue weighted by molar-refractivity contribution is 7.80. The first kappa shape index (κ1) is 19.2. The number of halogens is 3. The molecule has 2 nitrogen and oxygen atoms in total. The molecule has 0 radical (unpaired) electrons. The summed E-state index contributed by atoms with van der Waals surface area (Å²) in [7, 11) is 0. The summed E-state index contributed by atoms with van der Waals surface area (Å²) in [4.78, 5) is 0. The molecule has 2 aromatic rings. The van der Waals surface area contributed by atoms with Gasteiger partial charge in [-0.05, 0) is 48.8 Å². The molecule has 0 amide bonds. The maximum atomic E-state index is 13.0. The largest absolute Gasteiger partial charge is 0.418 e. The summed E-state index contributed by atoms with van der Waals surface area (Å²) in [5.74, 6) is 0. The molecule has 0 spiro atoms. The summed E-state index contributed by atoms with van der Waals surface area (Å²) in [5.41, 5.74) is 1.49. The lowest BCUT2D eigenvalue weighted by Gasteiger charge is -2.19. The van der Waals surface area contributed by atoms with Crippen molar-refractivity contribution in [3.8, 4) is 0 Å². The number of para-hydroxylation sites is 1. The van der Waals surface area contributed by atoms with Crippen LogP contribution in [0.5, 0.6) is 0 Å². The molecule has 0 heterocycles. The second-order valence-electron chi connectivity index (χ2n) is 5.86. The number of alkyl halides is 3. The summed E-state index contributed by atoms with van der Waals surface area (Å²) >= 11 is 5.17. The molecule has 0 saturated carbocycles. The van der Waals surface area contributed by atoms with E-state index in [1.807, 2.05) is 19.1 Å². The molecular formula is C19H21F3N2S. The zero-order chi connectivity index (χ0) is 18.4. The van der Waals surface area contributed by atoms with Gasteiger partial charge in [-0.3, -0.25) is 0 Å². The normalized spacial score (nSPS) is 12.5. The molecule has 1 unspecified atom stereocenters. The van der Waals surface area contributed by atoms with Crippen LogP contribution in [-0.2, 0) is 12.6 Å². The average molecular weight is 366 g/mol. The van der Waals surface area contributed by atoms with Gasteiger partial charge in [0.25, 0.3) is 0 Å². The molecule has 2 aromatic carbocycles. The van der Waals surface area contributed by atoms with Crippen LogP contribution in [0.25, 0.3) is 0 Å². The van der Waals surface area contributed by atoms with Gasteiger partial charge in [-0.25, -0.2) is 0 Å². The van der Waals surface area contributed by atoms with Crippen LogP contribution < -0.4 is 10.6 Å². The third kappa shape index (κ3) is 5.46. The molecule has 0 aromatic heterocycles. The Labute approximate surface area is 151 Å². The Kier molecular flexibility index (Phi) is 6.42. The lowest BCUT2D eigenvalue weighted by Crippen LogP contribution is -2.31. The monoisotopic (exact) mass is 366 g/mol. The minimum Gasteiger partial charge on any atom is -0.356 e. The van der Waals surface area contributed by atoms with E-state index >= 15 is 0 Å². The predicted molar refractivity (Wildman–Crippen MR) is 99.7 cm³/mol. The molecule has 0 fully saturated rings. The van der Waals surface area contributed by atoms with Crippen molar-refractivity contribution < 1.29 is 13.2 Å². The quantitative estimate of drug-likeness (QED) is 0.663.